The van der Waals surface area contributed by atoms with Crippen LogP contribution >= 0.6 is 0 Å². The minimum atomic E-state index is -3.75. The van der Waals surface area contributed by atoms with Crippen molar-refractivity contribution < 1.29 is 23.7 Å². The summed E-state index contributed by atoms with van der Waals surface area (Å²) in [5, 5.41) is 18.1. The standard InChI is InChI=1S/C8H10F2N4O4/c9-8(10)4(16)3(1-15)18-5(8)14-2-12-6(11)13-7(14)17/h2-5,15-16H,1H2,(H2,11,13,17)/t3-,4+,5-/m1/s1. The highest BCUT2D eigenvalue weighted by molar-refractivity contribution is 5.10. The third kappa shape index (κ3) is 1.83. The van der Waals surface area contributed by atoms with E-state index in [0.717, 1.165) is 6.33 Å². The maximum absolute atomic E-state index is 13.7. The number of hydrogen-bond donors (Lipinski definition) is 3. The number of anilines is 1. The monoisotopic (exact) mass is 264 g/mol. The molecule has 1 aromatic rings. The second kappa shape index (κ2) is 4.23. The summed E-state index contributed by atoms with van der Waals surface area (Å²) in [6.07, 6.45) is -5.06. The molecule has 18 heavy (non-hydrogen) atoms. The molecule has 10 heteroatoms. The molecule has 4 N–H and O–H groups in total. The van der Waals surface area contributed by atoms with Crippen LogP contribution in [0.4, 0.5) is 14.7 Å². The molecule has 0 spiro atoms. The molecule has 0 aliphatic carbocycles. The van der Waals surface area contributed by atoms with Crippen LogP contribution in [0.5, 0.6) is 0 Å². The molecule has 8 nitrogen and oxygen atoms in total. The van der Waals surface area contributed by atoms with Gasteiger partial charge in [-0.15, -0.1) is 0 Å². The molecule has 1 aliphatic heterocycles. The van der Waals surface area contributed by atoms with Gasteiger partial charge in [-0.2, -0.15) is 13.8 Å². The number of halogens is 2. The smallest absolute Gasteiger partial charge is 0.354 e. The van der Waals surface area contributed by atoms with E-state index in [1.165, 1.54) is 0 Å². The molecule has 0 bridgehead atoms. The van der Waals surface area contributed by atoms with Crippen LogP contribution in [0.15, 0.2) is 11.1 Å². The number of aliphatic hydroxyl groups excluding tert-OH is 2. The van der Waals surface area contributed by atoms with Crippen LogP contribution < -0.4 is 11.4 Å². The largest absolute Gasteiger partial charge is 0.394 e. The Hall–Kier alpha value is -1.65. The van der Waals surface area contributed by atoms with Crippen molar-refractivity contribution in [2.24, 2.45) is 0 Å². The first-order chi connectivity index (χ1) is 8.37. The van der Waals surface area contributed by atoms with E-state index >= 15 is 0 Å². The van der Waals surface area contributed by atoms with Crippen LogP contribution in [0.3, 0.4) is 0 Å². The van der Waals surface area contributed by atoms with Crippen molar-refractivity contribution in [2.45, 2.75) is 24.4 Å². The predicted octanol–water partition coefficient (Wildman–Crippen LogP) is -1.89. The summed E-state index contributed by atoms with van der Waals surface area (Å²) in [4.78, 5) is 18.0. The zero-order valence-corrected chi connectivity index (χ0v) is 8.90. The quantitative estimate of drug-likeness (QED) is 0.570. The number of nitrogens with two attached hydrogens (primary N) is 1. The maximum Gasteiger partial charge on any atom is 0.354 e. The van der Waals surface area contributed by atoms with E-state index in [1.807, 2.05) is 0 Å². The van der Waals surface area contributed by atoms with Gasteiger partial charge in [-0.25, -0.2) is 14.3 Å². The molecule has 1 aromatic heterocycles. The van der Waals surface area contributed by atoms with Crippen LogP contribution in [0.25, 0.3) is 0 Å². The minimum absolute atomic E-state index is 0.364. The summed E-state index contributed by atoms with van der Waals surface area (Å²) in [5.41, 5.74) is 4.04. The van der Waals surface area contributed by atoms with Crippen molar-refractivity contribution >= 4 is 5.95 Å². The molecule has 1 fully saturated rings. The van der Waals surface area contributed by atoms with E-state index in [1.54, 1.807) is 0 Å². The van der Waals surface area contributed by atoms with E-state index < -0.39 is 36.7 Å². The number of aliphatic hydroxyl groups is 2. The first kappa shape index (κ1) is 12.8. The summed E-state index contributed by atoms with van der Waals surface area (Å²) >= 11 is 0. The normalized spacial score (nSPS) is 30.6. The Morgan fingerprint density at radius 3 is 2.78 bits per heavy atom. The van der Waals surface area contributed by atoms with Gasteiger partial charge in [-0.3, -0.25) is 0 Å². The summed E-state index contributed by atoms with van der Waals surface area (Å²) < 4.78 is 32.5. The van der Waals surface area contributed by atoms with Gasteiger partial charge >= 0.3 is 11.6 Å². The number of hydrogen-bond acceptors (Lipinski definition) is 7. The average Bonchev–Trinajstić information content (AvgIpc) is 2.52. The van der Waals surface area contributed by atoms with Crippen LogP contribution in [0.2, 0.25) is 0 Å². The van der Waals surface area contributed by atoms with Gasteiger partial charge in [-0.1, -0.05) is 0 Å². The molecule has 100 valence electrons. The molecular weight excluding hydrogens is 254 g/mol. The number of nitrogen functional groups attached to an aromatic ring is 1. The third-order valence-electron chi connectivity index (χ3n) is 2.56. The molecule has 2 heterocycles. The Balaban J connectivity index is 2.42. The molecule has 1 aliphatic rings. The summed E-state index contributed by atoms with van der Waals surface area (Å²) in [7, 11) is 0. The Morgan fingerprint density at radius 2 is 2.28 bits per heavy atom. The summed E-state index contributed by atoms with van der Waals surface area (Å²) in [6, 6.07) is 0. The highest BCUT2D eigenvalue weighted by atomic mass is 19.3. The molecule has 0 radical (unpaired) electrons. The van der Waals surface area contributed by atoms with E-state index in [0.29, 0.717) is 4.57 Å². The number of alkyl halides is 2. The van der Waals surface area contributed by atoms with Gasteiger partial charge in [0.2, 0.25) is 12.2 Å². The lowest BCUT2D eigenvalue weighted by Crippen LogP contribution is -2.42. The minimum Gasteiger partial charge on any atom is -0.394 e. The fourth-order valence-corrected chi connectivity index (χ4v) is 1.63. The van der Waals surface area contributed by atoms with Crippen molar-refractivity contribution in [3.63, 3.8) is 0 Å². The van der Waals surface area contributed by atoms with Gasteiger partial charge in [0, 0.05) is 0 Å². The topological polar surface area (TPSA) is 123 Å². The number of ether oxygens (including phenoxy) is 1. The second-order valence-electron chi connectivity index (χ2n) is 3.73. The fourth-order valence-electron chi connectivity index (χ4n) is 1.63. The highest BCUT2D eigenvalue weighted by Gasteiger charge is 2.59. The van der Waals surface area contributed by atoms with Crippen LogP contribution in [0, 0.1) is 0 Å². The van der Waals surface area contributed by atoms with Crippen LogP contribution in [-0.2, 0) is 4.74 Å². The van der Waals surface area contributed by atoms with Gasteiger partial charge in [0.05, 0.1) is 6.61 Å². The Kier molecular flexibility index (Phi) is 3.00. The van der Waals surface area contributed by atoms with Gasteiger partial charge in [0.1, 0.15) is 12.4 Å². The molecule has 0 unspecified atom stereocenters. The van der Waals surface area contributed by atoms with Crippen LogP contribution in [0.1, 0.15) is 6.23 Å². The average molecular weight is 264 g/mol. The number of aromatic nitrogens is 3. The van der Waals surface area contributed by atoms with E-state index in [2.05, 4.69) is 9.97 Å². The Labute approximate surface area is 98.7 Å². The summed E-state index contributed by atoms with van der Waals surface area (Å²) in [5.74, 6) is -4.12. The van der Waals surface area contributed by atoms with Crippen molar-refractivity contribution in [3.05, 3.63) is 16.8 Å². The zero-order valence-electron chi connectivity index (χ0n) is 8.90. The lowest BCUT2D eigenvalue weighted by Gasteiger charge is -2.20. The Morgan fingerprint density at radius 1 is 1.61 bits per heavy atom. The molecule has 3 atom stereocenters. The molecule has 1 saturated heterocycles. The van der Waals surface area contributed by atoms with Crippen LogP contribution in [-0.4, -0.2) is 49.5 Å². The lowest BCUT2D eigenvalue weighted by atomic mass is 10.1. The van der Waals surface area contributed by atoms with Gasteiger partial charge in [-0.05, 0) is 0 Å². The number of rotatable bonds is 2. The first-order valence-electron chi connectivity index (χ1n) is 4.90. The first-order valence-corrected chi connectivity index (χ1v) is 4.90. The molecular formula is C8H10F2N4O4. The highest BCUT2D eigenvalue weighted by Crippen LogP contribution is 2.41. The van der Waals surface area contributed by atoms with E-state index in [9.17, 15) is 18.7 Å². The second-order valence-corrected chi connectivity index (χ2v) is 3.73. The third-order valence-corrected chi connectivity index (χ3v) is 2.56. The molecule has 0 saturated carbocycles. The lowest BCUT2D eigenvalue weighted by molar-refractivity contribution is -0.141. The van der Waals surface area contributed by atoms with Gasteiger partial charge in [0.15, 0.2) is 6.10 Å². The number of nitrogens with zero attached hydrogens (tertiary/aromatic N) is 3. The van der Waals surface area contributed by atoms with Crippen molar-refractivity contribution in [1.82, 2.24) is 14.5 Å². The fraction of sp³-hybridized carbons (Fsp3) is 0.625. The molecule has 2 rings (SSSR count). The van der Waals surface area contributed by atoms with Crippen molar-refractivity contribution in [1.29, 1.82) is 0 Å². The van der Waals surface area contributed by atoms with Crippen molar-refractivity contribution in [2.75, 3.05) is 12.3 Å². The SMILES string of the molecule is Nc1ncn([C@@H]2O[C@H](CO)[C@H](O)C2(F)F)c(=O)n1. The molecule has 0 amide bonds. The van der Waals surface area contributed by atoms with Gasteiger partial charge < -0.3 is 20.7 Å². The maximum atomic E-state index is 13.7. The Bertz CT molecular complexity index is 508. The van der Waals surface area contributed by atoms with Crippen molar-refractivity contribution in [3.8, 4) is 0 Å². The van der Waals surface area contributed by atoms with E-state index in [-0.39, 0.29) is 5.95 Å². The van der Waals surface area contributed by atoms with Gasteiger partial charge in [0.25, 0.3) is 0 Å². The predicted molar refractivity (Wildman–Crippen MR) is 52.7 cm³/mol. The summed E-state index contributed by atoms with van der Waals surface area (Å²) in [6.45, 7) is -0.808. The zero-order chi connectivity index (χ0) is 13.5. The van der Waals surface area contributed by atoms with E-state index in [4.69, 9.17) is 15.6 Å². The molecule has 0 aromatic carbocycles.